The van der Waals surface area contributed by atoms with Gasteiger partial charge in [0.25, 0.3) is 0 Å². The molecule has 1 aliphatic heterocycles. The Bertz CT molecular complexity index is 703. The summed E-state index contributed by atoms with van der Waals surface area (Å²) in [4.78, 5) is 35.9. The third kappa shape index (κ3) is 2.10. The standard InChI is InChI=1S/C18H20N2O3/c1-2-17(8-7-14(21)20-15(17)22)11-3-5-13(6-4-11)19-16(23)18-9-12(18)10-18/h3-6,12H,2,7-10H2,1H3,(H,19,23)(H,20,21,22). The maximum Gasteiger partial charge on any atom is 0.237 e. The first-order valence-corrected chi connectivity index (χ1v) is 8.26. The van der Waals surface area contributed by atoms with E-state index in [4.69, 9.17) is 0 Å². The van der Waals surface area contributed by atoms with Crippen LogP contribution in [0.1, 0.15) is 44.6 Å². The molecule has 3 aliphatic rings. The minimum absolute atomic E-state index is 0.0487. The highest BCUT2D eigenvalue weighted by atomic mass is 16.2. The molecule has 5 nitrogen and oxygen atoms in total. The quantitative estimate of drug-likeness (QED) is 0.836. The van der Waals surface area contributed by atoms with Gasteiger partial charge in [0.15, 0.2) is 0 Å². The second-order valence-corrected chi connectivity index (χ2v) is 7.11. The molecule has 3 amide bonds. The minimum Gasteiger partial charge on any atom is -0.326 e. The van der Waals surface area contributed by atoms with Gasteiger partial charge in [0.05, 0.1) is 10.8 Å². The number of amides is 3. The Hall–Kier alpha value is -2.17. The molecule has 0 radical (unpaired) electrons. The number of benzene rings is 1. The average Bonchev–Trinajstić information content (AvgIpc) is 3.39. The van der Waals surface area contributed by atoms with Gasteiger partial charge in [0.1, 0.15) is 0 Å². The fourth-order valence-electron chi connectivity index (χ4n) is 3.77. The minimum atomic E-state index is -0.646. The third-order valence-corrected chi connectivity index (χ3v) is 5.90. The summed E-state index contributed by atoms with van der Waals surface area (Å²) in [6, 6.07) is 7.49. The lowest BCUT2D eigenvalue weighted by Crippen LogP contribution is -2.51. The van der Waals surface area contributed by atoms with Gasteiger partial charge in [-0.05, 0) is 49.3 Å². The van der Waals surface area contributed by atoms with Crippen LogP contribution >= 0.6 is 0 Å². The molecule has 120 valence electrons. The number of piperidine rings is 1. The number of imide groups is 1. The van der Waals surface area contributed by atoms with E-state index in [1.165, 1.54) is 0 Å². The van der Waals surface area contributed by atoms with E-state index in [2.05, 4.69) is 10.6 Å². The number of carbonyl (C=O) groups excluding carboxylic acids is 3. The van der Waals surface area contributed by atoms with Crippen molar-refractivity contribution in [2.24, 2.45) is 11.3 Å². The summed E-state index contributed by atoms with van der Waals surface area (Å²) in [6.07, 6.45) is 3.60. The molecule has 23 heavy (non-hydrogen) atoms. The van der Waals surface area contributed by atoms with Crippen LogP contribution in [0.3, 0.4) is 0 Å². The molecule has 0 bridgehead atoms. The summed E-state index contributed by atoms with van der Waals surface area (Å²) >= 11 is 0. The van der Waals surface area contributed by atoms with Crippen molar-refractivity contribution in [3.05, 3.63) is 29.8 Å². The molecule has 1 atom stereocenters. The summed E-state index contributed by atoms with van der Waals surface area (Å²) in [7, 11) is 0. The number of anilines is 1. The zero-order chi connectivity index (χ0) is 16.2. The van der Waals surface area contributed by atoms with Crippen molar-refractivity contribution in [1.82, 2.24) is 5.32 Å². The highest BCUT2D eigenvalue weighted by Crippen LogP contribution is 2.75. The van der Waals surface area contributed by atoms with Crippen LogP contribution in [0.25, 0.3) is 0 Å². The lowest BCUT2D eigenvalue weighted by atomic mass is 9.72. The molecule has 1 aromatic rings. The van der Waals surface area contributed by atoms with E-state index in [0.717, 1.165) is 24.1 Å². The summed E-state index contributed by atoms with van der Waals surface area (Å²) in [5, 5.41) is 5.42. The van der Waals surface area contributed by atoms with Crippen LogP contribution in [0.2, 0.25) is 0 Å². The number of rotatable bonds is 4. The van der Waals surface area contributed by atoms with Crippen molar-refractivity contribution >= 4 is 23.4 Å². The normalized spacial score (nSPS) is 34.4. The Kier molecular flexibility index (Phi) is 2.92. The average molecular weight is 312 g/mol. The molecule has 4 rings (SSSR count). The predicted octanol–water partition coefficient (Wildman–Crippen LogP) is 2.12. The van der Waals surface area contributed by atoms with E-state index < -0.39 is 5.41 Å². The van der Waals surface area contributed by atoms with E-state index in [-0.39, 0.29) is 23.1 Å². The molecule has 2 aliphatic carbocycles. The van der Waals surface area contributed by atoms with Crippen molar-refractivity contribution in [2.75, 3.05) is 5.32 Å². The van der Waals surface area contributed by atoms with Gasteiger partial charge in [-0.25, -0.2) is 0 Å². The van der Waals surface area contributed by atoms with Crippen molar-refractivity contribution in [1.29, 1.82) is 0 Å². The molecule has 2 saturated carbocycles. The van der Waals surface area contributed by atoms with Crippen molar-refractivity contribution in [3.63, 3.8) is 0 Å². The van der Waals surface area contributed by atoms with Crippen molar-refractivity contribution in [2.45, 2.75) is 44.4 Å². The molecule has 3 fully saturated rings. The molecule has 1 saturated heterocycles. The lowest BCUT2D eigenvalue weighted by molar-refractivity contribution is -0.138. The lowest BCUT2D eigenvalue weighted by Gasteiger charge is -2.35. The largest absolute Gasteiger partial charge is 0.326 e. The van der Waals surface area contributed by atoms with E-state index >= 15 is 0 Å². The van der Waals surface area contributed by atoms with Gasteiger partial charge in [-0.3, -0.25) is 19.7 Å². The molecule has 2 N–H and O–H groups in total. The van der Waals surface area contributed by atoms with Crippen LogP contribution < -0.4 is 10.6 Å². The van der Waals surface area contributed by atoms with Crippen LogP contribution in [0.15, 0.2) is 24.3 Å². The topological polar surface area (TPSA) is 75.3 Å². The van der Waals surface area contributed by atoms with Gasteiger partial charge < -0.3 is 5.32 Å². The third-order valence-electron chi connectivity index (χ3n) is 5.90. The van der Waals surface area contributed by atoms with Crippen LogP contribution in [0, 0.1) is 11.3 Å². The first kappa shape index (κ1) is 14.4. The monoisotopic (exact) mass is 312 g/mol. The molecule has 5 heteroatoms. The van der Waals surface area contributed by atoms with E-state index in [9.17, 15) is 14.4 Å². The Morgan fingerprint density at radius 2 is 1.91 bits per heavy atom. The number of fused-ring (bicyclic) bond motifs is 1. The molecule has 1 aromatic carbocycles. The van der Waals surface area contributed by atoms with Crippen molar-refractivity contribution in [3.8, 4) is 0 Å². The zero-order valence-electron chi connectivity index (χ0n) is 13.1. The number of hydrogen-bond donors (Lipinski definition) is 2. The van der Waals surface area contributed by atoms with Crippen LogP contribution in [-0.4, -0.2) is 17.7 Å². The van der Waals surface area contributed by atoms with E-state index in [1.54, 1.807) is 0 Å². The predicted molar refractivity (Wildman–Crippen MR) is 84.6 cm³/mol. The van der Waals surface area contributed by atoms with Gasteiger partial charge >= 0.3 is 0 Å². The van der Waals surface area contributed by atoms with Gasteiger partial charge in [0, 0.05) is 12.1 Å². The second-order valence-electron chi connectivity index (χ2n) is 7.11. The van der Waals surface area contributed by atoms with Crippen LogP contribution in [0.5, 0.6) is 0 Å². The van der Waals surface area contributed by atoms with E-state index in [0.29, 0.717) is 25.2 Å². The number of carbonyl (C=O) groups is 3. The summed E-state index contributed by atoms with van der Waals surface area (Å²) in [5.41, 5.74) is 0.973. The Balaban J connectivity index is 1.53. The molecule has 1 heterocycles. The Morgan fingerprint density at radius 1 is 1.26 bits per heavy atom. The summed E-state index contributed by atoms with van der Waals surface area (Å²) in [6.45, 7) is 1.96. The van der Waals surface area contributed by atoms with Gasteiger partial charge in [-0.1, -0.05) is 19.1 Å². The van der Waals surface area contributed by atoms with Crippen LogP contribution in [0.4, 0.5) is 5.69 Å². The maximum atomic E-state index is 12.4. The Morgan fingerprint density at radius 3 is 2.43 bits per heavy atom. The smallest absolute Gasteiger partial charge is 0.237 e. The number of nitrogens with one attached hydrogen (secondary N) is 2. The van der Waals surface area contributed by atoms with Gasteiger partial charge in [-0.2, -0.15) is 0 Å². The highest BCUT2D eigenvalue weighted by molar-refractivity contribution is 6.03. The fourth-order valence-corrected chi connectivity index (χ4v) is 3.77. The molecular weight excluding hydrogens is 292 g/mol. The Labute approximate surface area is 134 Å². The van der Waals surface area contributed by atoms with Crippen LogP contribution in [-0.2, 0) is 19.8 Å². The molecule has 1 unspecified atom stereocenters. The number of hydrogen-bond acceptors (Lipinski definition) is 3. The molecule has 0 spiro atoms. The first-order valence-electron chi connectivity index (χ1n) is 8.26. The SMILES string of the molecule is CCC1(c2ccc(NC(=O)C34CC3C4)cc2)CCC(=O)NC1=O. The molecule has 0 aromatic heterocycles. The summed E-state index contributed by atoms with van der Waals surface area (Å²) < 4.78 is 0. The molecular formula is C18H20N2O3. The van der Waals surface area contributed by atoms with Gasteiger partial charge in [-0.15, -0.1) is 0 Å². The fraction of sp³-hybridized carbons (Fsp3) is 0.500. The first-order chi connectivity index (χ1) is 11.0. The zero-order valence-corrected chi connectivity index (χ0v) is 13.1. The summed E-state index contributed by atoms with van der Waals surface area (Å²) in [5.74, 6) is 0.325. The van der Waals surface area contributed by atoms with Crippen molar-refractivity contribution < 1.29 is 14.4 Å². The maximum absolute atomic E-state index is 12.4. The highest BCUT2D eigenvalue weighted by Gasteiger charge is 2.74. The van der Waals surface area contributed by atoms with Gasteiger partial charge in [0.2, 0.25) is 17.7 Å². The van der Waals surface area contributed by atoms with E-state index in [1.807, 2.05) is 31.2 Å². The second kappa shape index (κ2) is 4.66.